The molecule has 6 nitrogen and oxygen atoms in total. The zero-order chi connectivity index (χ0) is 24.9. The topological polar surface area (TPSA) is 84.1 Å². The number of aromatic amines is 1. The Bertz CT molecular complexity index is 1420. The molecule has 2 N–H and O–H groups in total. The molecule has 7 heteroatoms. The van der Waals surface area contributed by atoms with Crippen molar-refractivity contribution >= 4 is 26.9 Å². The number of sulfonamides is 1. The molecule has 35 heavy (non-hydrogen) atoms. The lowest BCUT2D eigenvalue weighted by atomic mass is 10.1. The molecule has 182 valence electrons. The Hall–Kier alpha value is -3.42. The number of hydrogen-bond donors (Lipinski definition) is 2. The maximum absolute atomic E-state index is 12.5. The van der Waals surface area contributed by atoms with Crippen LogP contribution < -0.4 is 9.46 Å². The Kier molecular flexibility index (Phi) is 7.38. The van der Waals surface area contributed by atoms with Crippen LogP contribution in [0.2, 0.25) is 0 Å². The van der Waals surface area contributed by atoms with Crippen LogP contribution in [0.25, 0.3) is 16.8 Å². The summed E-state index contributed by atoms with van der Waals surface area (Å²) in [6.07, 6.45) is 4.72. The molecule has 0 unspecified atom stereocenters. The number of nitrogens with zero attached hydrogens (tertiary/aromatic N) is 1. The van der Waals surface area contributed by atoms with Crippen LogP contribution >= 0.6 is 0 Å². The summed E-state index contributed by atoms with van der Waals surface area (Å²) in [7, 11) is -3.59. The van der Waals surface area contributed by atoms with E-state index in [1.165, 1.54) is 21.7 Å². The zero-order valence-electron chi connectivity index (χ0n) is 20.3. The van der Waals surface area contributed by atoms with E-state index in [1.54, 1.807) is 12.3 Å². The normalized spacial score (nSPS) is 12.4. The Morgan fingerprint density at radius 3 is 2.49 bits per heavy atom. The van der Waals surface area contributed by atoms with Gasteiger partial charge in [-0.25, -0.2) is 13.1 Å². The summed E-state index contributed by atoms with van der Waals surface area (Å²) in [4.78, 5) is 0. The van der Waals surface area contributed by atoms with Crippen molar-refractivity contribution < 1.29 is 13.2 Å². The number of H-pyrrole nitrogens is 1. The maximum atomic E-state index is 12.5. The Morgan fingerprint density at radius 2 is 1.74 bits per heavy atom. The molecule has 3 aromatic carbocycles. The quantitative estimate of drug-likeness (QED) is 0.327. The fourth-order valence-electron chi connectivity index (χ4n) is 3.85. The summed E-state index contributed by atoms with van der Waals surface area (Å²) >= 11 is 0. The van der Waals surface area contributed by atoms with E-state index < -0.39 is 15.6 Å². The maximum Gasteiger partial charge on any atom is 0.234 e. The Balaban J connectivity index is 1.53. The van der Waals surface area contributed by atoms with Crippen molar-refractivity contribution in [2.24, 2.45) is 0 Å². The van der Waals surface area contributed by atoms with E-state index in [2.05, 4.69) is 45.3 Å². The lowest BCUT2D eigenvalue weighted by Crippen LogP contribution is -2.39. The number of hydrogen-bond acceptors (Lipinski definition) is 4. The summed E-state index contributed by atoms with van der Waals surface area (Å²) < 4.78 is 33.8. The highest BCUT2D eigenvalue weighted by molar-refractivity contribution is 7.92. The van der Waals surface area contributed by atoms with Crippen molar-refractivity contribution in [3.8, 4) is 5.75 Å². The molecule has 0 saturated carbocycles. The fraction of sp³-hybridized carbons (Fsp3) is 0.250. The number of aromatic nitrogens is 2. The minimum absolute atomic E-state index is 0.472. The van der Waals surface area contributed by atoms with Gasteiger partial charge in [0.15, 0.2) is 0 Å². The van der Waals surface area contributed by atoms with E-state index in [0.717, 1.165) is 17.7 Å². The Morgan fingerprint density at radius 1 is 0.971 bits per heavy atom. The van der Waals surface area contributed by atoms with Crippen molar-refractivity contribution in [1.29, 1.82) is 0 Å². The first-order valence-corrected chi connectivity index (χ1v) is 13.2. The molecule has 0 atom stereocenters. The molecular formula is C28H31N3O3S. The smallest absolute Gasteiger partial charge is 0.234 e. The van der Waals surface area contributed by atoms with E-state index in [1.807, 2.05) is 57.2 Å². The van der Waals surface area contributed by atoms with Gasteiger partial charge in [0.05, 0.1) is 6.61 Å². The summed E-state index contributed by atoms with van der Waals surface area (Å²) in [6.45, 7) is 5.90. The van der Waals surface area contributed by atoms with Crippen molar-refractivity contribution in [2.45, 2.75) is 39.2 Å². The summed E-state index contributed by atoms with van der Waals surface area (Å²) in [5, 5.41) is 10.6. The van der Waals surface area contributed by atoms with Gasteiger partial charge in [0.25, 0.3) is 0 Å². The highest BCUT2D eigenvalue weighted by Crippen LogP contribution is 2.25. The van der Waals surface area contributed by atoms with E-state index in [9.17, 15) is 8.42 Å². The SMILES string of the molecule is CC(C)(C)NS(=O)(=O)C=Cc1ccc(Cc2ccn[nH]2)cc1OCCc1ccc2ccccc2c1. The zero-order valence-corrected chi connectivity index (χ0v) is 21.1. The van der Waals surface area contributed by atoms with Gasteiger partial charge >= 0.3 is 0 Å². The van der Waals surface area contributed by atoms with Gasteiger partial charge < -0.3 is 4.74 Å². The molecule has 0 spiro atoms. The van der Waals surface area contributed by atoms with Gasteiger partial charge in [0.2, 0.25) is 10.0 Å². The van der Waals surface area contributed by atoms with E-state index >= 15 is 0 Å². The van der Waals surface area contributed by atoms with Gasteiger partial charge in [-0.15, -0.1) is 0 Å². The summed E-state index contributed by atoms with van der Waals surface area (Å²) in [5.74, 6) is 0.644. The Labute approximate surface area is 207 Å². The summed E-state index contributed by atoms with van der Waals surface area (Å²) in [5.41, 5.74) is 3.37. The monoisotopic (exact) mass is 489 g/mol. The van der Waals surface area contributed by atoms with E-state index in [-0.39, 0.29) is 0 Å². The first kappa shape index (κ1) is 24.7. The second-order valence-electron chi connectivity index (χ2n) is 9.61. The molecule has 0 amide bonds. The number of nitrogens with one attached hydrogen (secondary N) is 2. The van der Waals surface area contributed by atoms with Crippen LogP contribution in [0.3, 0.4) is 0 Å². The predicted molar refractivity (Wildman–Crippen MR) is 142 cm³/mol. The van der Waals surface area contributed by atoms with Crippen LogP contribution in [0.1, 0.15) is 43.2 Å². The average molecular weight is 490 g/mol. The van der Waals surface area contributed by atoms with E-state index in [4.69, 9.17) is 4.74 Å². The average Bonchev–Trinajstić information content (AvgIpc) is 3.30. The highest BCUT2D eigenvalue weighted by Gasteiger charge is 2.17. The third-order valence-corrected chi connectivity index (χ3v) is 6.76. The van der Waals surface area contributed by atoms with Gasteiger partial charge in [-0.05, 0) is 60.9 Å². The van der Waals surface area contributed by atoms with Crippen LogP contribution in [0.5, 0.6) is 5.75 Å². The number of fused-ring (bicyclic) bond motifs is 1. The highest BCUT2D eigenvalue weighted by atomic mass is 32.2. The molecule has 0 aliphatic heterocycles. The van der Waals surface area contributed by atoms with Gasteiger partial charge in [0, 0.05) is 41.2 Å². The third-order valence-electron chi connectivity index (χ3n) is 5.37. The lowest BCUT2D eigenvalue weighted by Gasteiger charge is -2.18. The van der Waals surface area contributed by atoms with Crippen LogP contribution in [0.4, 0.5) is 0 Å². The van der Waals surface area contributed by atoms with Crippen LogP contribution in [0.15, 0.2) is 78.3 Å². The standard InChI is InChI=1S/C28H31N3O3S/c1-28(2,3)31-35(32,33)17-14-24-11-9-22(19-26-12-15-29-30-26)20-27(24)34-16-13-21-8-10-23-6-4-5-7-25(23)18-21/h4-12,14-15,17-18,20,31H,13,16,19H2,1-3H3,(H,29,30). The van der Waals surface area contributed by atoms with Gasteiger partial charge in [-0.3, -0.25) is 5.10 Å². The lowest BCUT2D eigenvalue weighted by molar-refractivity contribution is 0.321. The molecule has 0 aliphatic rings. The molecule has 1 heterocycles. The van der Waals surface area contributed by atoms with Crippen LogP contribution in [-0.4, -0.2) is 30.8 Å². The summed E-state index contributed by atoms with van der Waals surface area (Å²) in [6, 6.07) is 22.4. The fourth-order valence-corrected chi connectivity index (χ4v) is 5.10. The molecule has 0 aliphatic carbocycles. The number of benzene rings is 3. The minimum Gasteiger partial charge on any atom is -0.493 e. The molecule has 0 fully saturated rings. The molecule has 4 aromatic rings. The van der Waals surface area contributed by atoms with Crippen molar-refractivity contribution in [2.75, 3.05) is 6.61 Å². The van der Waals surface area contributed by atoms with Crippen molar-refractivity contribution in [3.63, 3.8) is 0 Å². The third kappa shape index (κ3) is 7.28. The largest absolute Gasteiger partial charge is 0.493 e. The second-order valence-corrected chi connectivity index (χ2v) is 11.2. The molecule has 0 saturated heterocycles. The molecule has 0 bridgehead atoms. The second kappa shape index (κ2) is 10.5. The number of rotatable bonds is 9. The van der Waals surface area contributed by atoms with Crippen molar-refractivity contribution in [3.05, 3.63) is 101 Å². The predicted octanol–water partition coefficient (Wildman–Crippen LogP) is 5.46. The van der Waals surface area contributed by atoms with Gasteiger partial charge in [-0.2, -0.15) is 5.10 Å². The first-order chi connectivity index (χ1) is 16.7. The molecular weight excluding hydrogens is 458 g/mol. The van der Waals surface area contributed by atoms with Crippen LogP contribution in [0, 0.1) is 0 Å². The van der Waals surface area contributed by atoms with Gasteiger partial charge in [0.1, 0.15) is 5.75 Å². The van der Waals surface area contributed by atoms with Crippen molar-refractivity contribution in [1.82, 2.24) is 14.9 Å². The molecule has 0 radical (unpaired) electrons. The number of ether oxygens (including phenoxy) is 1. The van der Waals surface area contributed by atoms with E-state index in [0.29, 0.717) is 24.3 Å². The van der Waals surface area contributed by atoms with Crippen LogP contribution in [-0.2, 0) is 22.9 Å². The molecule has 1 aromatic heterocycles. The molecule has 4 rings (SSSR count). The van der Waals surface area contributed by atoms with Gasteiger partial charge in [-0.1, -0.05) is 54.6 Å². The minimum atomic E-state index is -3.59. The first-order valence-electron chi connectivity index (χ1n) is 11.6.